The van der Waals surface area contributed by atoms with Gasteiger partial charge in [-0.3, -0.25) is 19.5 Å². The van der Waals surface area contributed by atoms with Crippen LogP contribution in [0.3, 0.4) is 0 Å². The van der Waals surface area contributed by atoms with Crippen LogP contribution in [0.5, 0.6) is 11.5 Å². The molecule has 1 fully saturated rings. The minimum atomic E-state index is -0.856. The zero-order valence-electron chi connectivity index (χ0n) is 19.3. The molecule has 7 nitrogen and oxygen atoms in total. The number of hydrogen-bond donors (Lipinski definition) is 1. The standard InChI is InChI=1S/C27H26N2O5/c1-4-17-6-9-20(10-7-17)29-24(19-8-11-21(33-3)22(16-19)34-5-2)23(26(31)27(29)32)25(30)18-12-14-28-15-13-18/h6-16,24,30H,4-5H2,1-3H3/b25-23-. The molecule has 2 aromatic carbocycles. The number of hydrogen-bond acceptors (Lipinski definition) is 6. The molecule has 34 heavy (non-hydrogen) atoms. The largest absolute Gasteiger partial charge is 0.507 e. The smallest absolute Gasteiger partial charge is 0.300 e. The van der Waals surface area contributed by atoms with Crippen molar-refractivity contribution in [3.05, 3.63) is 89.3 Å². The molecule has 1 amide bonds. The van der Waals surface area contributed by atoms with Crippen LogP contribution >= 0.6 is 0 Å². The van der Waals surface area contributed by atoms with Crippen LogP contribution in [0, 0.1) is 0 Å². The van der Waals surface area contributed by atoms with Crippen molar-refractivity contribution in [3.63, 3.8) is 0 Å². The van der Waals surface area contributed by atoms with Crippen molar-refractivity contribution in [1.82, 2.24) is 4.98 Å². The number of aromatic nitrogens is 1. The van der Waals surface area contributed by atoms with E-state index in [1.54, 1.807) is 37.4 Å². The summed E-state index contributed by atoms with van der Waals surface area (Å²) in [5, 5.41) is 11.2. The Kier molecular flexibility index (Phi) is 6.63. The number of Topliss-reactive ketones (excluding diaryl/α,β-unsaturated/α-hetero) is 1. The number of ketones is 1. The quantitative estimate of drug-likeness (QED) is 0.314. The van der Waals surface area contributed by atoms with Gasteiger partial charge >= 0.3 is 0 Å². The second-order valence-corrected chi connectivity index (χ2v) is 7.77. The molecular formula is C27H26N2O5. The lowest BCUT2D eigenvalue weighted by Crippen LogP contribution is -2.29. The van der Waals surface area contributed by atoms with E-state index in [2.05, 4.69) is 4.98 Å². The molecular weight excluding hydrogens is 432 g/mol. The Balaban J connectivity index is 1.94. The summed E-state index contributed by atoms with van der Waals surface area (Å²) in [5.74, 6) is -0.708. The predicted molar refractivity (Wildman–Crippen MR) is 129 cm³/mol. The average Bonchev–Trinajstić information content (AvgIpc) is 3.14. The number of nitrogens with zero attached hydrogens (tertiary/aromatic N) is 2. The summed E-state index contributed by atoms with van der Waals surface area (Å²) in [5.41, 5.74) is 2.68. The Labute approximate surface area is 198 Å². The number of aliphatic hydroxyl groups is 1. The molecule has 0 bridgehead atoms. The fourth-order valence-corrected chi connectivity index (χ4v) is 4.10. The Morgan fingerprint density at radius 1 is 1.00 bits per heavy atom. The van der Waals surface area contributed by atoms with E-state index < -0.39 is 17.7 Å². The minimum absolute atomic E-state index is 0.00313. The van der Waals surface area contributed by atoms with E-state index >= 15 is 0 Å². The molecule has 1 aliphatic rings. The van der Waals surface area contributed by atoms with Gasteiger partial charge in [0, 0.05) is 23.6 Å². The van der Waals surface area contributed by atoms with Crippen LogP contribution in [0.4, 0.5) is 5.69 Å². The Bertz CT molecular complexity index is 1240. The fourth-order valence-electron chi connectivity index (χ4n) is 4.10. The number of anilines is 1. The third-order valence-electron chi connectivity index (χ3n) is 5.82. The summed E-state index contributed by atoms with van der Waals surface area (Å²) >= 11 is 0. The molecule has 0 saturated carbocycles. The molecule has 174 valence electrons. The van der Waals surface area contributed by atoms with Gasteiger partial charge in [-0.1, -0.05) is 25.1 Å². The number of aliphatic hydroxyl groups excluding tert-OH is 1. The maximum absolute atomic E-state index is 13.3. The summed E-state index contributed by atoms with van der Waals surface area (Å²) in [6, 6.07) is 15.1. The highest BCUT2D eigenvalue weighted by molar-refractivity contribution is 6.51. The van der Waals surface area contributed by atoms with Crippen LogP contribution in [-0.2, 0) is 16.0 Å². The molecule has 1 aliphatic heterocycles. The monoisotopic (exact) mass is 458 g/mol. The first kappa shape index (κ1) is 23.0. The molecule has 1 aromatic heterocycles. The van der Waals surface area contributed by atoms with Gasteiger partial charge in [0.1, 0.15) is 5.76 Å². The van der Waals surface area contributed by atoms with E-state index in [0.717, 1.165) is 12.0 Å². The second-order valence-electron chi connectivity index (χ2n) is 7.77. The van der Waals surface area contributed by atoms with Crippen LogP contribution in [0.1, 0.15) is 36.6 Å². The van der Waals surface area contributed by atoms with Crippen molar-refractivity contribution in [3.8, 4) is 11.5 Å². The summed E-state index contributed by atoms with van der Waals surface area (Å²) in [6.07, 6.45) is 3.88. The maximum atomic E-state index is 13.3. The van der Waals surface area contributed by atoms with E-state index in [9.17, 15) is 14.7 Å². The third-order valence-corrected chi connectivity index (χ3v) is 5.82. The Morgan fingerprint density at radius 2 is 1.71 bits per heavy atom. The van der Waals surface area contributed by atoms with Gasteiger partial charge in [0.15, 0.2) is 11.5 Å². The second kappa shape index (κ2) is 9.79. The Hall–Kier alpha value is -4.13. The SMILES string of the molecule is CCOc1cc(C2/C(=C(/O)c3ccncc3)C(=O)C(=O)N2c2ccc(CC)cc2)ccc1OC. The predicted octanol–water partition coefficient (Wildman–Crippen LogP) is 4.68. The molecule has 4 rings (SSSR count). The van der Waals surface area contributed by atoms with Crippen LogP contribution in [0.2, 0.25) is 0 Å². The first-order valence-electron chi connectivity index (χ1n) is 11.1. The van der Waals surface area contributed by atoms with Crippen molar-refractivity contribution in [2.24, 2.45) is 0 Å². The van der Waals surface area contributed by atoms with Gasteiger partial charge in [-0.25, -0.2) is 0 Å². The summed E-state index contributed by atoms with van der Waals surface area (Å²) in [4.78, 5) is 31.9. The first-order chi connectivity index (χ1) is 16.5. The van der Waals surface area contributed by atoms with Crippen molar-refractivity contribution in [2.75, 3.05) is 18.6 Å². The number of ether oxygens (including phenoxy) is 2. The van der Waals surface area contributed by atoms with Gasteiger partial charge in [0.05, 0.1) is 25.3 Å². The minimum Gasteiger partial charge on any atom is -0.507 e. The van der Waals surface area contributed by atoms with E-state index in [1.807, 2.05) is 38.1 Å². The highest BCUT2D eigenvalue weighted by atomic mass is 16.5. The highest BCUT2D eigenvalue weighted by Crippen LogP contribution is 2.44. The van der Waals surface area contributed by atoms with E-state index in [1.165, 1.54) is 17.3 Å². The molecule has 0 spiro atoms. The van der Waals surface area contributed by atoms with Crippen LogP contribution in [-0.4, -0.2) is 35.5 Å². The van der Waals surface area contributed by atoms with Gasteiger partial charge in [0.25, 0.3) is 11.7 Å². The molecule has 3 aromatic rings. The number of aryl methyl sites for hydroxylation is 1. The molecule has 0 aliphatic carbocycles. The highest BCUT2D eigenvalue weighted by Gasteiger charge is 2.47. The number of pyridine rings is 1. The summed E-state index contributed by atoms with van der Waals surface area (Å²) in [7, 11) is 1.54. The van der Waals surface area contributed by atoms with E-state index in [-0.39, 0.29) is 11.3 Å². The fraction of sp³-hybridized carbons (Fsp3) is 0.222. The van der Waals surface area contributed by atoms with E-state index in [0.29, 0.717) is 34.9 Å². The summed E-state index contributed by atoms with van der Waals surface area (Å²) < 4.78 is 11.1. The van der Waals surface area contributed by atoms with Gasteiger partial charge in [-0.2, -0.15) is 0 Å². The van der Waals surface area contributed by atoms with Gasteiger partial charge in [-0.15, -0.1) is 0 Å². The Morgan fingerprint density at radius 3 is 2.32 bits per heavy atom. The number of carbonyl (C=O) groups is 2. The van der Waals surface area contributed by atoms with Crippen molar-refractivity contribution in [2.45, 2.75) is 26.3 Å². The molecule has 0 radical (unpaired) electrons. The number of amides is 1. The molecule has 1 N–H and O–H groups in total. The van der Waals surface area contributed by atoms with Gasteiger partial charge < -0.3 is 14.6 Å². The normalized spacial score (nSPS) is 17.1. The molecule has 1 saturated heterocycles. The zero-order chi connectivity index (χ0) is 24.2. The van der Waals surface area contributed by atoms with Crippen LogP contribution < -0.4 is 14.4 Å². The van der Waals surface area contributed by atoms with Gasteiger partial charge in [-0.05, 0) is 60.9 Å². The number of methoxy groups -OCH3 is 1. The lowest BCUT2D eigenvalue weighted by Gasteiger charge is -2.26. The third kappa shape index (κ3) is 4.12. The molecule has 1 unspecified atom stereocenters. The average molecular weight is 459 g/mol. The topological polar surface area (TPSA) is 89.0 Å². The van der Waals surface area contributed by atoms with E-state index in [4.69, 9.17) is 9.47 Å². The van der Waals surface area contributed by atoms with Crippen molar-refractivity contribution in [1.29, 1.82) is 0 Å². The lowest BCUT2D eigenvalue weighted by molar-refractivity contribution is -0.132. The summed E-state index contributed by atoms with van der Waals surface area (Å²) in [6.45, 7) is 4.31. The van der Waals surface area contributed by atoms with Gasteiger partial charge in [0.2, 0.25) is 0 Å². The molecule has 7 heteroatoms. The number of benzene rings is 2. The van der Waals surface area contributed by atoms with Crippen molar-refractivity contribution < 1.29 is 24.2 Å². The molecule has 1 atom stereocenters. The first-order valence-corrected chi connectivity index (χ1v) is 11.1. The zero-order valence-corrected chi connectivity index (χ0v) is 19.3. The number of carbonyl (C=O) groups excluding carboxylic acids is 2. The molecule has 2 heterocycles. The number of rotatable bonds is 7. The maximum Gasteiger partial charge on any atom is 0.300 e. The van der Waals surface area contributed by atoms with Crippen molar-refractivity contribution >= 4 is 23.1 Å². The lowest BCUT2D eigenvalue weighted by atomic mass is 9.95. The van der Waals surface area contributed by atoms with Crippen LogP contribution in [0.25, 0.3) is 5.76 Å². The van der Waals surface area contributed by atoms with Crippen LogP contribution in [0.15, 0.2) is 72.6 Å².